The molecular formula is C11H7F2NO. The summed E-state index contributed by atoms with van der Waals surface area (Å²) in [6, 6.07) is 6.27. The van der Waals surface area contributed by atoms with Crippen LogP contribution in [0.25, 0.3) is 11.3 Å². The molecule has 4 heteroatoms. The molecule has 1 aromatic heterocycles. The SMILES string of the molecule is Oc1cnc(-c2ccc(F)cc2)c(F)c1. The van der Waals surface area contributed by atoms with Crippen molar-refractivity contribution in [2.24, 2.45) is 0 Å². The summed E-state index contributed by atoms with van der Waals surface area (Å²) in [5.74, 6) is -1.27. The monoisotopic (exact) mass is 207 g/mol. The number of hydrogen-bond donors (Lipinski definition) is 1. The van der Waals surface area contributed by atoms with Crippen LogP contribution in [0.1, 0.15) is 0 Å². The third-order valence-electron chi connectivity index (χ3n) is 1.94. The Morgan fingerprint density at radius 2 is 1.73 bits per heavy atom. The van der Waals surface area contributed by atoms with Gasteiger partial charge in [-0.1, -0.05) is 0 Å². The van der Waals surface area contributed by atoms with Crippen molar-refractivity contribution in [2.75, 3.05) is 0 Å². The Kier molecular flexibility index (Phi) is 2.33. The molecule has 15 heavy (non-hydrogen) atoms. The molecule has 0 amide bonds. The van der Waals surface area contributed by atoms with Gasteiger partial charge in [-0.2, -0.15) is 0 Å². The maximum atomic E-state index is 13.3. The highest BCUT2D eigenvalue weighted by molar-refractivity contribution is 5.59. The van der Waals surface area contributed by atoms with Gasteiger partial charge in [0.05, 0.1) is 6.20 Å². The summed E-state index contributed by atoms with van der Waals surface area (Å²) in [6.45, 7) is 0. The molecule has 0 aliphatic rings. The van der Waals surface area contributed by atoms with E-state index in [0.717, 1.165) is 12.3 Å². The standard InChI is InChI=1S/C11H7F2NO/c12-8-3-1-7(2-4-8)11-10(13)5-9(15)6-14-11/h1-6,15H. The fraction of sp³-hybridized carbons (Fsp3) is 0. The summed E-state index contributed by atoms with van der Waals surface area (Å²) in [5.41, 5.74) is 0.557. The molecule has 2 rings (SSSR count). The van der Waals surface area contributed by atoms with Gasteiger partial charge in [-0.15, -0.1) is 0 Å². The fourth-order valence-electron chi connectivity index (χ4n) is 1.25. The average Bonchev–Trinajstić information content (AvgIpc) is 2.20. The molecule has 0 spiro atoms. The topological polar surface area (TPSA) is 33.1 Å². The van der Waals surface area contributed by atoms with Crippen molar-refractivity contribution in [3.05, 3.63) is 48.2 Å². The van der Waals surface area contributed by atoms with Crippen LogP contribution >= 0.6 is 0 Å². The molecule has 2 aromatic rings. The number of aromatic nitrogens is 1. The third kappa shape index (κ3) is 1.93. The van der Waals surface area contributed by atoms with Crippen molar-refractivity contribution in [2.45, 2.75) is 0 Å². The van der Waals surface area contributed by atoms with Crippen LogP contribution in [-0.4, -0.2) is 10.1 Å². The first-order chi connectivity index (χ1) is 7.16. The van der Waals surface area contributed by atoms with Crippen molar-refractivity contribution in [1.82, 2.24) is 4.98 Å². The Morgan fingerprint density at radius 3 is 2.33 bits per heavy atom. The van der Waals surface area contributed by atoms with E-state index in [1.807, 2.05) is 0 Å². The first kappa shape index (κ1) is 9.58. The van der Waals surface area contributed by atoms with Crippen LogP contribution in [0.5, 0.6) is 5.75 Å². The Hall–Kier alpha value is -1.97. The molecule has 1 heterocycles. The average molecular weight is 207 g/mol. The molecule has 2 nitrogen and oxygen atoms in total. The van der Waals surface area contributed by atoms with Gasteiger partial charge in [-0.05, 0) is 24.3 Å². The Balaban J connectivity index is 2.49. The number of pyridine rings is 1. The lowest BCUT2D eigenvalue weighted by Crippen LogP contribution is -1.88. The van der Waals surface area contributed by atoms with E-state index in [0.29, 0.717) is 5.56 Å². The number of nitrogens with zero attached hydrogens (tertiary/aromatic N) is 1. The van der Waals surface area contributed by atoms with Gasteiger partial charge < -0.3 is 5.11 Å². The Bertz CT molecular complexity index is 482. The molecule has 76 valence electrons. The quantitative estimate of drug-likeness (QED) is 0.779. The van der Waals surface area contributed by atoms with E-state index in [1.165, 1.54) is 24.3 Å². The molecule has 0 atom stereocenters. The van der Waals surface area contributed by atoms with Crippen molar-refractivity contribution in [3.8, 4) is 17.0 Å². The lowest BCUT2D eigenvalue weighted by atomic mass is 10.1. The van der Waals surface area contributed by atoms with Crippen LogP contribution in [0.3, 0.4) is 0 Å². The normalized spacial score (nSPS) is 10.3. The van der Waals surface area contributed by atoms with Gasteiger partial charge in [0.25, 0.3) is 0 Å². The van der Waals surface area contributed by atoms with Crippen molar-refractivity contribution in [3.63, 3.8) is 0 Å². The van der Waals surface area contributed by atoms with Crippen LogP contribution in [0.4, 0.5) is 8.78 Å². The number of halogens is 2. The van der Waals surface area contributed by atoms with E-state index in [4.69, 9.17) is 5.11 Å². The molecule has 0 fully saturated rings. The third-order valence-corrected chi connectivity index (χ3v) is 1.94. The van der Waals surface area contributed by atoms with Gasteiger partial charge >= 0.3 is 0 Å². The minimum atomic E-state index is -0.637. The summed E-state index contributed by atoms with van der Waals surface area (Å²) in [7, 11) is 0. The molecule has 0 unspecified atom stereocenters. The van der Waals surface area contributed by atoms with E-state index in [1.54, 1.807) is 0 Å². The van der Waals surface area contributed by atoms with Gasteiger partial charge in [0.15, 0.2) is 5.82 Å². The van der Waals surface area contributed by atoms with E-state index < -0.39 is 11.6 Å². The number of aromatic hydroxyl groups is 1. The zero-order valence-corrected chi connectivity index (χ0v) is 7.61. The first-order valence-corrected chi connectivity index (χ1v) is 4.27. The van der Waals surface area contributed by atoms with Crippen LogP contribution in [0.15, 0.2) is 36.5 Å². The van der Waals surface area contributed by atoms with Gasteiger partial charge in [-0.3, -0.25) is 0 Å². The Labute approximate surface area is 84.8 Å². The van der Waals surface area contributed by atoms with Crippen molar-refractivity contribution < 1.29 is 13.9 Å². The second-order valence-corrected chi connectivity index (χ2v) is 3.03. The van der Waals surface area contributed by atoms with Gasteiger partial charge in [0.2, 0.25) is 0 Å². The summed E-state index contributed by atoms with van der Waals surface area (Å²) >= 11 is 0. The molecule has 0 saturated heterocycles. The zero-order chi connectivity index (χ0) is 10.8. The van der Waals surface area contributed by atoms with Crippen molar-refractivity contribution in [1.29, 1.82) is 0 Å². The van der Waals surface area contributed by atoms with E-state index in [2.05, 4.69) is 4.98 Å². The molecule has 0 aliphatic heterocycles. The largest absolute Gasteiger partial charge is 0.506 e. The minimum absolute atomic E-state index is 0.0906. The summed E-state index contributed by atoms with van der Waals surface area (Å²) in [6.07, 6.45) is 1.14. The molecule has 0 radical (unpaired) electrons. The molecule has 0 saturated carbocycles. The number of rotatable bonds is 1. The predicted octanol–water partition coefficient (Wildman–Crippen LogP) is 2.73. The van der Waals surface area contributed by atoms with E-state index in [9.17, 15) is 8.78 Å². The van der Waals surface area contributed by atoms with Crippen LogP contribution in [0, 0.1) is 11.6 Å². The molecular weight excluding hydrogens is 200 g/mol. The predicted molar refractivity (Wildman–Crippen MR) is 51.3 cm³/mol. The maximum absolute atomic E-state index is 13.3. The number of benzene rings is 1. The van der Waals surface area contributed by atoms with E-state index >= 15 is 0 Å². The molecule has 0 bridgehead atoms. The van der Waals surface area contributed by atoms with Crippen LogP contribution in [-0.2, 0) is 0 Å². The summed E-state index contributed by atoms with van der Waals surface area (Å²) in [4.78, 5) is 3.73. The van der Waals surface area contributed by atoms with Crippen LogP contribution < -0.4 is 0 Å². The maximum Gasteiger partial charge on any atom is 0.153 e. The highest BCUT2D eigenvalue weighted by Crippen LogP contribution is 2.22. The highest BCUT2D eigenvalue weighted by Gasteiger charge is 2.07. The second kappa shape index (κ2) is 3.65. The van der Waals surface area contributed by atoms with Crippen molar-refractivity contribution >= 4 is 0 Å². The summed E-state index contributed by atoms with van der Waals surface area (Å²) in [5, 5.41) is 8.97. The van der Waals surface area contributed by atoms with Gasteiger partial charge in [-0.25, -0.2) is 13.8 Å². The first-order valence-electron chi connectivity index (χ1n) is 4.27. The van der Waals surface area contributed by atoms with Gasteiger partial charge in [0.1, 0.15) is 17.3 Å². The second-order valence-electron chi connectivity index (χ2n) is 3.03. The molecule has 0 aliphatic carbocycles. The lowest BCUT2D eigenvalue weighted by molar-refractivity contribution is 0.466. The summed E-state index contributed by atoms with van der Waals surface area (Å²) < 4.78 is 25.9. The minimum Gasteiger partial charge on any atom is -0.506 e. The molecule has 1 aromatic carbocycles. The van der Waals surface area contributed by atoms with Gasteiger partial charge in [0, 0.05) is 11.6 Å². The number of hydrogen-bond acceptors (Lipinski definition) is 2. The highest BCUT2D eigenvalue weighted by atomic mass is 19.1. The molecule has 1 N–H and O–H groups in total. The lowest BCUT2D eigenvalue weighted by Gasteiger charge is -2.02. The van der Waals surface area contributed by atoms with Crippen LogP contribution in [0.2, 0.25) is 0 Å². The zero-order valence-electron chi connectivity index (χ0n) is 7.61. The fourth-order valence-corrected chi connectivity index (χ4v) is 1.25. The van der Waals surface area contributed by atoms with E-state index in [-0.39, 0.29) is 11.4 Å². The smallest absolute Gasteiger partial charge is 0.153 e. The Morgan fingerprint density at radius 1 is 1.07 bits per heavy atom.